The van der Waals surface area contributed by atoms with E-state index in [0.717, 1.165) is 26.2 Å². The summed E-state index contributed by atoms with van der Waals surface area (Å²) in [5.74, 6) is 0.464. The number of fused-ring (bicyclic) bond motifs is 1. The number of piperazine rings is 1. The van der Waals surface area contributed by atoms with Crippen molar-refractivity contribution in [3.63, 3.8) is 0 Å². The predicted octanol–water partition coefficient (Wildman–Crippen LogP) is -3.93. The lowest BCUT2D eigenvalue weighted by Gasteiger charge is -2.32. The van der Waals surface area contributed by atoms with E-state index in [0.29, 0.717) is 5.95 Å². The molecule has 26 heavy (non-hydrogen) atoms. The molecule has 4 atom stereocenters. The van der Waals surface area contributed by atoms with Gasteiger partial charge >= 0.3 is 0 Å². The summed E-state index contributed by atoms with van der Waals surface area (Å²) >= 11 is 0. The fraction of sp³-hybridized carbons (Fsp3) is 0.667. The van der Waals surface area contributed by atoms with Crippen molar-refractivity contribution >= 4 is 17.1 Å². The molecule has 4 heterocycles. The molecule has 2 fully saturated rings. The number of aliphatic hydroxyl groups excluding tert-OH is 3. The average Bonchev–Trinajstić information content (AvgIpc) is 3.15. The Hall–Kier alpha value is -2.05. The standard InChI is InChI=1S/C15H22N6O5/c1-19-2-4-20(5-3-19)15-18-9-12(16-7-17-13(9)25)21(15)14-11(24)10(23)8(6-22)26-14/h7-8,10-11,14,22-24H,2-6H2,1H3,(H,16,17,25)/p+1/t8-,10-,11-,14-/m0/s1. The van der Waals surface area contributed by atoms with Crippen LogP contribution in [0.5, 0.6) is 0 Å². The Labute approximate surface area is 148 Å². The molecule has 0 amide bonds. The zero-order chi connectivity index (χ0) is 18.4. The van der Waals surface area contributed by atoms with Gasteiger partial charge in [0.05, 0.1) is 46.2 Å². The number of ether oxygens (including phenoxy) is 1. The first kappa shape index (κ1) is 17.4. The molecule has 5 N–H and O–H groups in total. The SMILES string of the molecule is C[NH+]1CCN(c2nc3c(=O)[nH]cnc3n2[C@H]2O[C@@H](CO)[C@H](O)[C@@H]2O)CC1. The summed E-state index contributed by atoms with van der Waals surface area (Å²) in [6, 6.07) is 0. The molecular formula is C15H23N6O5+. The van der Waals surface area contributed by atoms with Gasteiger partial charge in [-0.3, -0.25) is 9.36 Å². The van der Waals surface area contributed by atoms with Gasteiger partial charge in [0.1, 0.15) is 18.3 Å². The topological polar surface area (TPSA) is 141 Å². The molecule has 0 spiro atoms. The fourth-order valence-corrected chi connectivity index (χ4v) is 3.55. The van der Waals surface area contributed by atoms with Gasteiger partial charge in [-0.15, -0.1) is 0 Å². The Kier molecular flexibility index (Phi) is 4.40. The molecule has 0 bridgehead atoms. The Morgan fingerprint density at radius 2 is 2.08 bits per heavy atom. The van der Waals surface area contributed by atoms with Crippen molar-refractivity contribution in [2.45, 2.75) is 24.5 Å². The fourth-order valence-electron chi connectivity index (χ4n) is 3.55. The van der Waals surface area contributed by atoms with E-state index in [1.807, 2.05) is 4.90 Å². The van der Waals surface area contributed by atoms with E-state index < -0.39 is 31.1 Å². The third-order valence-corrected chi connectivity index (χ3v) is 5.14. The van der Waals surface area contributed by atoms with E-state index in [-0.39, 0.29) is 16.7 Å². The third kappa shape index (κ3) is 2.68. The summed E-state index contributed by atoms with van der Waals surface area (Å²) in [6.07, 6.45) is -3.17. The molecular weight excluding hydrogens is 344 g/mol. The number of aromatic amines is 1. The van der Waals surface area contributed by atoms with Gasteiger partial charge in [0.15, 0.2) is 17.4 Å². The molecule has 0 radical (unpaired) electrons. The van der Waals surface area contributed by atoms with Gasteiger partial charge < -0.3 is 34.8 Å². The van der Waals surface area contributed by atoms with Crippen LogP contribution in [0.3, 0.4) is 0 Å². The van der Waals surface area contributed by atoms with Crippen molar-refractivity contribution in [2.75, 3.05) is 44.7 Å². The van der Waals surface area contributed by atoms with Crippen molar-refractivity contribution in [1.82, 2.24) is 19.5 Å². The van der Waals surface area contributed by atoms with Gasteiger partial charge in [0.25, 0.3) is 5.56 Å². The number of quaternary nitrogens is 1. The van der Waals surface area contributed by atoms with Crippen LogP contribution < -0.4 is 15.4 Å². The predicted molar refractivity (Wildman–Crippen MR) is 90.0 cm³/mol. The highest BCUT2D eigenvalue weighted by Gasteiger charge is 2.45. The summed E-state index contributed by atoms with van der Waals surface area (Å²) in [4.78, 5) is 26.7. The molecule has 142 valence electrons. The van der Waals surface area contributed by atoms with Crippen LogP contribution >= 0.6 is 0 Å². The molecule has 0 aliphatic carbocycles. The number of hydrogen-bond donors (Lipinski definition) is 5. The van der Waals surface area contributed by atoms with Crippen molar-refractivity contribution in [3.8, 4) is 0 Å². The number of imidazole rings is 1. The number of nitrogens with one attached hydrogen (secondary N) is 2. The van der Waals surface area contributed by atoms with Crippen LogP contribution in [0.1, 0.15) is 6.23 Å². The van der Waals surface area contributed by atoms with Crippen molar-refractivity contribution in [1.29, 1.82) is 0 Å². The molecule has 2 aliphatic rings. The van der Waals surface area contributed by atoms with Crippen LogP contribution in [0.25, 0.3) is 11.2 Å². The number of aromatic nitrogens is 4. The van der Waals surface area contributed by atoms with Crippen molar-refractivity contribution in [3.05, 3.63) is 16.7 Å². The van der Waals surface area contributed by atoms with Crippen LogP contribution in [0.15, 0.2) is 11.1 Å². The van der Waals surface area contributed by atoms with Crippen LogP contribution in [0.4, 0.5) is 5.95 Å². The monoisotopic (exact) mass is 367 g/mol. The van der Waals surface area contributed by atoms with Gasteiger partial charge in [-0.2, -0.15) is 0 Å². The first-order chi connectivity index (χ1) is 12.5. The number of rotatable bonds is 3. The van der Waals surface area contributed by atoms with E-state index in [2.05, 4.69) is 22.0 Å². The first-order valence-corrected chi connectivity index (χ1v) is 8.65. The number of likely N-dealkylation sites (N-methyl/N-ethyl adjacent to an activating group) is 1. The second kappa shape index (κ2) is 6.59. The second-order valence-corrected chi connectivity index (χ2v) is 6.86. The Bertz CT molecular complexity index is 845. The Morgan fingerprint density at radius 3 is 2.73 bits per heavy atom. The highest BCUT2D eigenvalue weighted by atomic mass is 16.6. The second-order valence-electron chi connectivity index (χ2n) is 6.86. The van der Waals surface area contributed by atoms with E-state index in [4.69, 9.17) is 4.74 Å². The molecule has 0 saturated carbocycles. The highest BCUT2D eigenvalue weighted by molar-refractivity contribution is 5.73. The first-order valence-electron chi connectivity index (χ1n) is 8.65. The van der Waals surface area contributed by atoms with E-state index in [9.17, 15) is 20.1 Å². The van der Waals surface area contributed by atoms with E-state index in [1.165, 1.54) is 11.2 Å². The lowest BCUT2D eigenvalue weighted by molar-refractivity contribution is -0.880. The molecule has 2 aliphatic heterocycles. The maximum absolute atomic E-state index is 12.2. The number of nitrogens with zero attached hydrogens (tertiary/aromatic N) is 4. The molecule has 2 aromatic heterocycles. The zero-order valence-electron chi connectivity index (χ0n) is 14.4. The van der Waals surface area contributed by atoms with Gasteiger partial charge in [0.2, 0.25) is 5.95 Å². The summed E-state index contributed by atoms with van der Waals surface area (Å²) < 4.78 is 7.22. The molecule has 0 aromatic carbocycles. The smallest absolute Gasteiger partial charge is 0.278 e. The number of aliphatic hydroxyl groups is 3. The third-order valence-electron chi connectivity index (χ3n) is 5.14. The summed E-state index contributed by atoms with van der Waals surface area (Å²) in [5.41, 5.74) is 0.0258. The normalized spacial score (nSPS) is 30.4. The number of anilines is 1. The maximum Gasteiger partial charge on any atom is 0.278 e. The summed E-state index contributed by atoms with van der Waals surface area (Å²) in [5, 5.41) is 29.9. The minimum absolute atomic E-state index is 0.145. The summed E-state index contributed by atoms with van der Waals surface area (Å²) in [7, 11) is 2.11. The van der Waals surface area contributed by atoms with Crippen LogP contribution in [-0.4, -0.2) is 93.0 Å². The largest absolute Gasteiger partial charge is 0.394 e. The average molecular weight is 367 g/mol. The molecule has 11 heteroatoms. The van der Waals surface area contributed by atoms with Crippen LogP contribution in [-0.2, 0) is 4.74 Å². The highest BCUT2D eigenvalue weighted by Crippen LogP contribution is 2.34. The molecule has 11 nitrogen and oxygen atoms in total. The van der Waals surface area contributed by atoms with Crippen LogP contribution in [0, 0.1) is 0 Å². The van der Waals surface area contributed by atoms with Crippen molar-refractivity contribution in [2.24, 2.45) is 0 Å². The minimum Gasteiger partial charge on any atom is -0.394 e. The van der Waals surface area contributed by atoms with Gasteiger partial charge in [-0.05, 0) is 0 Å². The molecule has 4 rings (SSSR count). The minimum atomic E-state index is -1.28. The molecule has 0 unspecified atom stereocenters. The number of hydrogen-bond acceptors (Lipinski definition) is 8. The zero-order valence-corrected chi connectivity index (χ0v) is 14.4. The van der Waals surface area contributed by atoms with Gasteiger partial charge in [-0.1, -0.05) is 0 Å². The Morgan fingerprint density at radius 1 is 1.35 bits per heavy atom. The lowest BCUT2D eigenvalue weighted by atomic mass is 10.1. The van der Waals surface area contributed by atoms with Crippen LogP contribution in [0.2, 0.25) is 0 Å². The van der Waals surface area contributed by atoms with E-state index >= 15 is 0 Å². The Balaban J connectivity index is 1.83. The van der Waals surface area contributed by atoms with E-state index in [1.54, 1.807) is 4.57 Å². The molecule has 2 aromatic rings. The van der Waals surface area contributed by atoms with Gasteiger partial charge in [-0.25, -0.2) is 9.97 Å². The lowest BCUT2D eigenvalue weighted by Crippen LogP contribution is -3.12. The van der Waals surface area contributed by atoms with Gasteiger partial charge in [0, 0.05) is 0 Å². The summed E-state index contributed by atoms with van der Waals surface area (Å²) in [6.45, 7) is 2.83. The quantitative estimate of drug-likeness (QED) is 0.370. The maximum atomic E-state index is 12.2. The van der Waals surface area contributed by atoms with Crippen molar-refractivity contribution < 1.29 is 25.0 Å². The molecule has 2 saturated heterocycles. The number of H-pyrrole nitrogens is 1.